The van der Waals surface area contributed by atoms with E-state index in [0.29, 0.717) is 41.4 Å². The Hall–Kier alpha value is -4.33. The SMILES string of the molecule is COc1ccc(CNc2nc3c(F)cccc3c3nc(Cc4cccc(O)c4)cn23)c(OC)c1. The zero-order valence-electron chi connectivity index (χ0n) is 18.7. The number of methoxy groups -OCH3 is 2. The van der Waals surface area contributed by atoms with E-state index in [-0.39, 0.29) is 11.3 Å². The van der Waals surface area contributed by atoms with E-state index in [1.807, 2.05) is 40.9 Å². The number of aromatic nitrogens is 3. The fourth-order valence-electron chi connectivity index (χ4n) is 4.01. The zero-order chi connectivity index (χ0) is 23.7. The molecule has 2 N–H and O–H groups in total. The molecule has 5 rings (SSSR count). The maximum Gasteiger partial charge on any atom is 0.209 e. The molecule has 3 aromatic carbocycles. The molecule has 0 aliphatic rings. The Morgan fingerprint density at radius 2 is 1.85 bits per heavy atom. The van der Waals surface area contributed by atoms with Crippen molar-refractivity contribution in [1.82, 2.24) is 14.4 Å². The van der Waals surface area contributed by atoms with Gasteiger partial charge in [0, 0.05) is 36.2 Å². The Balaban J connectivity index is 1.56. The highest BCUT2D eigenvalue weighted by Gasteiger charge is 2.15. The van der Waals surface area contributed by atoms with Crippen LogP contribution in [0.5, 0.6) is 17.2 Å². The quantitative estimate of drug-likeness (QED) is 0.359. The number of nitrogens with one attached hydrogen (secondary N) is 1. The summed E-state index contributed by atoms with van der Waals surface area (Å²) in [7, 11) is 3.20. The van der Waals surface area contributed by atoms with Gasteiger partial charge < -0.3 is 19.9 Å². The number of ether oxygens (including phenoxy) is 2. The summed E-state index contributed by atoms with van der Waals surface area (Å²) in [6.45, 7) is 0.398. The molecule has 5 aromatic rings. The molecule has 2 heterocycles. The van der Waals surface area contributed by atoms with Crippen molar-refractivity contribution in [1.29, 1.82) is 0 Å². The first-order chi connectivity index (χ1) is 16.6. The van der Waals surface area contributed by atoms with E-state index in [2.05, 4.69) is 10.3 Å². The maximum atomic E-state index is 14.7. The summed E-state index contributed by atoms with van der Waals surface area (Å²) in [6, 6.07) is 17.5. The number of hydrogen-bond acceptors (Lipinski definition) is 6. The highest BCUT2D eigenvalue weighted by atomic mass is 19.1. The van der Waals surface area contributed by atoms with E-state index in [9.17, 15) is 9.50 Å². The maximum absolute atomic E-state index is 14.7. The predicted octanol–water partition coefficient (Wildman–Crippen LogP) is 4.95. The molecule has 0 bridgehead atoms. The number of phenols is 1. The Morgan fingerprint density at radius 1 is 1.00 bits per heavy atom. The van der Waals surface area contributed by atoms with Gasteiger partial charge in [-0.25, -0.2) is 14.4 Å². The molecular formula is C26H23FN4O3. The number of halogens is 1. The molecule has 0 saturated heterocycles. The van der Waals surface area contributed by atoms with E-state index < -0.39 is 5.82 Å². The van der Waals surface area contributed by atoms with Gasteiger partial charge in [0.2, 0.25) is 5.95 Å². The fraction of sp³-hybridized carbons (Fsp3) is 0.154. The first-order valence-electron chi connectivity index (χ1n) is 10.7. The highest BCUT2D eigenvalue weighted by molar-refractivity contribution is 5.93. The van der Waals surface area contributed by atoms with Gasteiger partial charge in [0.1, 0.15) is 34.2 Å². The van der Waals surface area contributed by atoms with Crippen LogP contribution in [0.15, 0.2) is 66.9 Å². The second kappa shape index (κ2) is 8.90. The average Bonchev–Trinajstić information content (AvgIpc) is 3.27. The summed E-state index contributed by atoms with van der Waals surface area (Å²) in [5, 5.41) is 13.7. The van der Waals surface area contributed by atoms with Crippen LogP contribution in [0.25, 0.3) is 16.6 Å². The van der Waals surface area contributed by atoms with E-state index in [1.165, 1.54) is 6.07 Å². The fourth-order valence-corrected chi connectivity index (χ4v) is 4.01. The van der Waals surface area contributed by atoms with Crippen LogP contribution in [-0.4, -0.2) is 33.7 Å². The molecule has 7 nitrogen and oxygen atoms in total. The van der Waals surface area contributed by atoms with Crippen LogP contribution < -0.4 is 14.8 Å². The largest absolute Gasteiger partial charge is 0.508 e. The normalized spacial score (nSPS) is 11.1. The third kappa shape index (κ3) is 4.05. The van der Waals surface area contributed by atoms with Crippen LogP contribution in [0.3, 0.4) is 0 Å². The molecule has 0 amide bonds. The lowest BCUT2D eigenvalue weighted by Crippen LogP contribution is -2.08. The Morgan fingerprint density at radius 3 is 2.65 bits per heavy atom. The van der Waals surface area contributed by atoms with E-state index >= 15 is 0 Å². The van der Waals surface area contributed by atoms with Gasteiger partial charge in [0.05, 0.1) is 19.9 Å². The Labute approximate surface area is 195 Å². The first-order valence-corrected chi connectivity index (χ1v) is 10.7. The predicted molar refractivity (Wildman–Crippen MR) is 128 cm³/mol. The molecule has 8 heteroatoms. The van der Waals surface area contributed by atoms with Crippen molar-refractivity contribution in [2.75, 3.05) is 19.5 Å². The van der Waals surface area contributed by atoms with Crippen LogP contribution in [-0.2, 0) is 13.0 Å². The van der Waals surface area contributed by atoms with Gasteiger partial charge in [-0.15, -0.1) is 0 Å². The summed E-state index contributed by atoms with van der Waals surface area (Å²) in [4.78, 5) is 9.35. The molecular weight excluding hydrogens is 435 g/mol. The van der Waals surface area contributed by atoms with E-state index in [1.54, 1.807) is 38.5 Å². The third-order valence-corrected chi connectivity index (χ3v) is 5.66. The third-order valence-electron chi connectivity index (χ3n) is 5.66. The van der Waals surface area contributed by atoms with Crippen LogP contribution in [0.1, 0.15) is 16.8 Å². The average molecular weight is 458 g/mol. The number of aromatic hydroxyl groups is 1. The highest BCUT2D eigenvalue weighted by Crippen LogP contribution is 2.28. The van der Waals surface area contributed by atoms with Crippen molar-refractivity contribution in [3.63, 3.8) is 0 Å². The second-order valence-electron chi connectivity index (χ2n) is 7.88. The lowest BCUT2D eigenvalue weighted by molar-refractivity contribution is 0.391. The van der Waals surface area contributed by atoms with Gasteiger partial charge in [-0.3, -0.25) is 4.40 Å². The molecule has 0 aliphatic heterocycles. The summed E-state index contributed by atoms with van der Waals surface area (Å²) >= 11 is 0. The summed E-state index contributed by atoms with van der Waals surface area (Å²) < 4.78 is 27.3. The number of para-hydroxylation sites is 1. The molecule has 0 unspecified atom stereocenters. The first kappa shape index (κ1) is 21.5. The van der Waals surface area contributed by atoms with E-state index in [4.69, 9.17) is 14.5 Å². The number of imidazole rings is 1. The monoisotopic (exact) mass is 458 g/mol. The number of fused-ring (bicyclic) bond motifs is 3. The van der Waals surface area contributed by atoms with Gasteiger partial charge in [0.25, 0.3) is 0 Å². The topological polar surface area (TPSA) is 80.9 Å². The summed E-state index contributed by atoms with van der Waals surface area (Å²) in [6.07, 6.45) is 2.39. The Kier molecular flexibility index (Phi) is 5.63. The number of phenolic OH excluding ortho intramolecular Hbond substituents is 1. The minimum atomic E-state index is -0.414. The van der Waals surface area contributed by atoms with Crippen molar-refractivity contribution in [2.24, 2.45) is 0 Å². The molecule has 2 aromatic heterocycles. The van der Waals surface area contributed by atoms with Gasteiger partial charge in [-0.2, -0.15) is 0 Å². The minimum Gasteiger partial charge on any atom is -0.508 e. The minimum absolute atomic E-state index is 0.200. The molecule has 0 aliphatic carbocycles. The number of hydrogen-bond donors (Lipinski definition) is 2. The van der Waals surface area contributed by atoms with Gasteiger partial charge in [-0.1, -0.05) is 18.2 Å². The number of anilines is 1. The van der Waals surface area contributed by atoms with Crippen molar-refractivity contribution in [2.45, 2.75) is 13.0 Å². The van der Waals surface area contributed by atoms with Crippen LogP contribution in [0.2, 0.25) is 0 Å². The van der Waals surface area contributed by atoms with Gasteiger partial charge in [0.15, 0.2) is 0 Å². The van der Waals surface area contributed by atoms with Crippen molar-refractivity contribution in [3.8, 4) is 17.2 Å². The standard InChI is InChI=1S/C26H23FN4O3/c1-33-20-10-9-17(23(13-20)34-2)14-28-26-30-24-21(7-4-8-22(24)27)25-29-18(15-31(25)26)11-16-5-3-6-19(32)12-16/h3-10,12-13,15,32H,11,14H2,1-2H3,(H,28,30). The molecule has 0 saturated carbocycles. The number of rotatable bonds is 7. The van der Waals surface area contributed by atoms with Crippen molar-refractivity contribution >= 4 is 22.5 Å². The van der Waals surface area contributed by atoms with E-state index in [0.717, 1.165) is 16.8 Å². The van der Waals surface area contributed by atoms with Crippen molar-refractivity contribution in [3.05, 3.63) is 89.5 Å². The lowest BCUT2D eigenvalue weighted by Gasteiger charge is -2.13. The zero-order valence-corrected chi connectivity index (χ0v) is 18.7. The van der Waals surface area contributed by atoms with Crippen LogP contribution >= 0.6 is 0 Å². The Bertz CT molecular complexity index is 1500. The smallest absolute Gasteiger partial charge is 0.209 e. The molecule has 0 spiro atoms. The molecule has 34 heavy (non-hydrogen) atoms. The molecule has 0 radical (unpaired) electrons. The second-order valence-corrected chi connectivity index (χ2v) is 7.88. The van der Waals surface area contributed by atoms with Crippen LogP contribution in [0.4, 0.5) is 10.3 Å². The van der Waals surface area contributed by atoms with Gasteiger partial charge >= 0.3 is 0 Å². The number of nitrogens with zero attached hydrogens (tertiary/aromatic N) is 3. The molecule has 0 fully saturated rings. The van der Waals surface area contributed by atoms with Gasteiger partial charge in [-0.05, 0) is 42.0 Å². The van der Waals surface area contributed by atoms with Crippen molar-refractivity contribution < 1.29 is 19.0 Å². The molecule has 172 valence electrons. The lowest BCUT2D eigenvalue weighted by atomic mass is 10.1. The summed E-state index contributed by atoms with van der Waals surface area (Å²) in [5.41, 5.74) is 3.43. The van der Waals surface area contributed by atoms with Crippen LogP contribution in [0, 0.1) is 5.82 Å². The summed E-state index contributed by atoms with van der Waals surface area (Å²) in [5.74, 6) is 1.61. The molecule has 0 atom stereocenters. The number of benzene rings is 3.